The van der Waals surface area contributed by atoms with Crippen LogP contribution in [-0.4, -0.2) is 50.3 Å². The monoisotopic (exact) mass is 228 g/mol. The molecule has 96 valence electrons. The molecule has 0 aromatic rings. The van der Waals surface area contributed by atoms with Crippen LogP contribution in [0.3, 0.4) is 0 Å². The fraction of sp³-hybridized carbons (Fsp3) is 1.00. The largest absolute Gasteiger partial charge is 0.383 e. The second-order valence-electron chi connectivity index (χ2n) is 5.30. The summed E-state index contributed by atoms with van der Waals surface area (Å²) in [5.41, 5.74) is 0. The Balaban J connectivity index is 2.52. The Morgan fingerprint density at radius 1 is 1.38 bits per heavy atom. The molecule has 0 spiro atoms. The first-order valence-electron chi connectivity index (χ1n) is 6.61. The Labute approximate surface area is 101 Å². The predicted molar refractivity (Wildman–Crippen MR) is 68.8 cm³/mol. The molecule has 1 aliphatic heterocycles. The summed E-state index contributed by atoms with van der Waals surface area (Å²) < 4.78 is 5.36. The van der Waals surface area contributed by atoms with Crippen LogP contribution in [0.5, 0.6) is 0 Å². The SMILES string of the molecule is COCC(C(C)C)N1CCCNC(C)CC1. The van der Waals surface area contributed by atoms with Crippen molar-refractivity contribution in [1.29, 1.82) is 0 Å². The topological polar surface area (TPSA) is 24.5 Å². The number of nitrogens with zero attached hydrogens (tertiary/aromatic N) is 1. The van der Waals surface area contributed by atoms with E-state index in [9.17, 15) is 0 Å². The molecular weight excluding hydrogens is 200 g/mol. The van der Waals surface area contributed by atoms with E-state index >= 15 is 0 Å². The molecule has 0 aromatic heterocycles. The zero-order valence-corrected chi connectivity index (χ0v) is 11.3. The van der Waals surface area contributed by atoms with Gasteiger partial charge in [0.25, 0.3) is 0 Å². The van der Waals surface area contributed by atoms with Crippen molar-refractivity contribution >= 4 is 0 Å². The van der Waals surface area contributed by atoms with Gasteiger partial charge in [0.15, 0.2) is 0 Å². The normalized spacial score (nSPS) is 26.4. The van der Waals surface area contributed by atoms with Gasteiger partial charge in [0, 0.05) is 25.7 Å². The highest BCUT2D eigenvalue weighted by atomic mass is 16.5. The van der Waals surface area contributed by atoms with Crippen LogP contribution in [0.2, 0.25) is 0 Å². The van der Waals surface area contributed by atoms with Gasteiger partial charge in [0.1, 0.15) is 0 Å². The van der Waals surface area contributed by atoms with Crippen LogP contribution in [0.25, 0.3) is 0 Å². The standard InChI is InChI=1S/C13H28N2O/c1-11(2)13(10-16-4)15-8-5-7-14-12(3)6-9-15/h11-14H,5-10H2,1-4H3. The van der Waals surface area contributed by atoms with Gasteiger partial charge in [-0.05, 0) is 38.8 Å². The number of methoxy groups -OCH3 is 1. The number of nitrogens with one attached hydrogen (secondary N) is 1. The summed E-state index contributed by atoms with van der Waals surface area (Å²) in [6.07, 6.45) is 2.49. The van der Waals surface area contributed by atoms with E-state index in [1.165, 1.54) is 25.9 Å². The van der Waals surface area contributed by atoms with Crippen molar-refractivity contribution in [3.63, 3.8) is 0 Å². The summed E-state index contributed by atoms with van der Waals surface area (Å²) in [4.78, 5) is 2.62. The van der Waals surface area contributed by atoms with Gasteiger partial charge >= 0.3 is 0 Å². The van der Waals surface area contributed by atoms with E-state index in [4.69, 9.17) is 4.74 Å². The molecule has 1 rings (SSSR count). The van der Waals surface area contributed by atoms with Gasteiger partial charge in [-0.25, -0.2) is 0 Å². The molecule has 0 amide bonds. The third kappa shape index (κ3) is 4.40. The van der Waals surface area contributed by atoms with Crippen LogP contribution >= 0.6 is 0 Å². The lowest BCUT2D eigenvalue weighted by atomic mass is 10.0. The van der Waals surface area contributed by atoms with E-state index < -0.39 is 0 Å². The lowest BCUT2D eigenvalue weighted by Gasteiger charge is -2.36. The molecule has 1 heterocycles. The van der Waals surface area contributed by atoms with E-state index in [2.05, 4.69) is 31.0 Å². The molecule has 3 heteroatoms. The highest BCUT2D eigenvalue weighted by molar-refractivity contribution is 4.78. The van der Waals surface area contributed by atoms with Crippen LogP contribution in [0.1, 0.15) is 33.6 Å². The smallest absolute Gasteiger partial charge is 0.0620 e. The Morgan fingerprint density at radius 3 is 2.75 bits per heavy atom. The fourth-order valence-electron chi connectivity index (χ4n) is 2.43. The van der Waals surface area contributed by atoms with Crippen molar-refractivity contribution in [2.45, 2.75) is 45.7 Å². The Morgan fingerprint density at radius 2 is 2.12 bits per heavy atom. The third-order valence-corrected chi connectivity index (χ3v) is 3.54. The number of hydrogen-bond acceptors (Lipinski definition) is 3. The Hall–Kier alpha value is -0.120. The molecule has 2 unspecified atom stereocenters. The molecule has 0 bridgehead atoms. The molecule has 1 fully saturated rings. The van der Waals surface area contributed by atoms with Gasteiger partial charge in [-0.2, -0.15) is 0 Å². The summed E-state index contributed by atoms with van der Waals surface area (Å²) in [6, 6.07) is 1.23. The molecule has 0 radical (unpaired) electrons. The molecule has 1 saturated heterocycles. The molecule has 2 atom stereocenters. The van der Waals surface area contributed by atoms with Crippen molar-refractivity contribution < 1.29 is 4.74 Å². The maximum atomic E-state index is 5.36. The van der Waals surface area contributed by atoms with E-state index in [0.717, 1.165) is 13.2 Å². The second kappa shape index (κ2) is 7.25. The Bertz CT molecular complexity index is 185. The molecule has 3 nitrogen and oxygen atoms in total. The summed E-state index contributed by atoms with van der Waals surface area (Å²) in [6.45, 7) is 11.3. The van der Waals surface area contributed by atoms with E-state index in [-0.39, 0.29) is 0 Å². The van der Waals surface area contributed by atoms with Crippen molar-refractivity contribution in [3.05, 3.63) is 0 Å². The second-order valence-corrected chi connectivity index (χ2v) is 5.30. The number of rotatable bonds is 4. The molecule has 0 saturated carbocycles. The predicted octanol–water partition coefficient (Wildman–Crippen LogP) is 1.73. The van der Waals surface area contributed by atoms with Gasteiger partial charge < -0.3 is 10.1 Å². The van der Waals surface area contributed by atoms with Crippen LogP contribution in [0, 0.1) is 5.92 Å². The zero-order chi connectivity index (χ0) is 12.0. The minimum Gasteiger partial charge on any atom is -0.383 e. The van der Waals surface area contributed by atoms with Gasteiger partial charge in [-0.15, -0.1) is 0 Å². The zero-order valence-electron chi connectivity index (χ0n) is 11.3. The van der Waals surface area contributed by atoms with Gasteiger partial charge in [-0.1, -0.05) is 13.8 Å². The van der Waals surface area contributed by atoms with Gasteiger partial charge in [0.2, 0.25) is 0 Å². The summed E-state index contributed by atoms with van der Waals surface area (Å²) >= 11 is 0. The average Bonchev–Trinajstić information content (AvgIpc) is 2.22. The first kappa shape index (κ1) is 13.9. The summed E-state index contributed by atoms with van der Waals surface area (Å²) in [5.74, 6) is 0.669. The van der Waals surface area contributed by atoms with E-state index in [0.29, 0.717) is 18.0 Å². The molecule has 1 N–H and O–H groups in total. The van der Waals surface area contributed by atoms with Crippen molar-refractivity contribution in [2.75, 3.05) is 33.4 Å². The summed E-state index contributed by atoms with van der Waals surface area (Å²) in [7, 11) is 1.81. The first-order valence-corrected chi connectivity index (χ1v) is 6.61. The maximum Gasteiger partial charge on any atom is 0.0620 e. The molecule has 0 aliphatic carbocycles. The average molecular weight is 228 g/mol. The first-order chi connectivity index (χ1) is 7.65. The van der Waals surface area contributed by atoms with Crippen LogP contribution in [0.15, 0.2) is 0 Å². The fourth-order valence-corrected chi connectivity index (χ4v) is 2.43. The molecule has 16 heavy (non-hydrogen) atoms. The number of ether oxygens (including phenoxy) is 1. The highest BCUT2D eigenvalue weighted by Crippen LogP contribution is 2.14. The van der Waals surface area contributed by atoms with Crippen molar-refractivity contribution in [3.8, 4) is 0 Å². The molecule has 0 aromatic carbocycles. The van der Waals surface area contributed by atoms with Crippen molar-refractivity contribution in [2.24, 2.45) is 5.92 Å². The maximum absolute atomic E-state index is 5.36. The molecular formula is C13H28N2O. The van der Waals surface area contributed by atoms with Gasteiger partial charge in [0.05, 0.1) is 6.61 Å². The van der Waals surface area contributed by atoms with E-state index in [1.807, 2.05) is 7.11 Å². The van der Waals surface area contributed by atoms with Gasteiger partial charge in [-0.3, -0.25) is 4.90 Å². The Kier molecular flexibility index (Phi) is 6.32. The van der Waals surface area contributed by atoms with Crippen molar-refractivity contribution in [1.82, 2.24) is 10.2 Å². The quantitative estimate of drug-likeness (QED) is 0.793. The lowest BCUT2D eigenvalue weighted by Crippen LogP contribution is -2.47. The van der Waals surface area contributed by atoms with Crippen LogP contribution in [0.4, 0.5) is 0 Å². The molecule has 1 aliphatic rings. The number of hydrogen-bond donors (Lipinski definition) is 1. The minimum atomic E-state index is 0.579. The minimum absolute atomic E-state index is 0.579. The highest BCUT2D eigenvalue weighted by Gasteiger charge is 2.22. The lowest BCUT2D eigenvalue weighted by molar-refractivity contribution is 0.0577. The summed E-state index contributed by atoms with van der Waals surface area (Å²) in [5, 5.41) is 3.55. The third-order valence-electron chi connectivity index (χ3n) is 3.54. The van der Waals surface area contributed by atoms with Crippen LogP contribution < -0.4 is 5.32 Å². The van der Waals surface area contributed by atoms with Crippen LogP contribution in [-0.2, 0) is 4.74 Å². The van der Waals surface area contributed by atoms with E-state index in [1.54, 1.807) is 0 Å².